The first kappa shape index (κ1) is 7.53. The van der Waals surface area contributed by atoms with Gasteiger partial charge in [-0.2, -0.15) is 0 Å². The molecule has 0 amide bonds. The molecule has 0 saturated heterocycles. The van der Waals surface area contributed by atoms with Crippen molar-refractivity contribution in [2.24, 2.45) is 5.41 Å². The summed E-state index contributed by atoms with van der Waals surface area (Å²) < 4.78 is 0. The molecule has 0 saturated carbocycles. The largest absolute Gasteiger partial charge is 0.290 e. The maximum absolute atomic E-state index is 10.9. The summed E-state index contributed by atoms with van der Waals surface area (Å²) in [7, 11) is 0. The maximum Gasteiger partial charge on any atom is 0.178 e. The van der Waals surface area contributed by atoms with Crippen molar-refractivity contribution in [2.75, 3.05) is 0 Å². The topological polar surface area (TPSA) is 17.1 Å². The molecule has 0 N–H and O–H groups in total. The molecule has 2 aliphatic carbocycles. The fraction of sp³-hybridized carbons (Fsp3) is 0.364. The van der Waals surface area contributed by atoms with Gasteiger partial charge in [-0.3, -0.25) is 4.79 Å². The molecule has 0 atom stereocenters. The van der Waals surface area contributed by atoms with Crippen molar-refractivity contribution in [3.05, 3.63) is 36.5 Å². The van der Waals surface area contributed by atoms with E-state index < -0.39 is 0 Å². The van der Waals surface area contributed by atoms with Crippen LogP contribution < -0.4 is 0 Å². The van der Waals surface area contributed by atoms with Gasteiger partial charge >= 0.3 is 0 Å². The van der Waals surface area contributed by atoms with E-state index in [2.05, 4.69) is 24.3 Å². The lowest BCUT2D eigenvalue weighted by Gasteiger charge is -2.29. The van der Waals surface area contributed by atoms with Crippen LogP contribution in [0.2, 0.25) is 0 Å². The Morgan fingerprint density at radius 3 is 2.50 bits per heavy atom. The van der Waals surface area contributed by atoms with Crippen molar-refractivity contribution in [2.45, 2.75) is 19.3 Å². The summed E-state index contributed by atoms with van der Waals surface area (Å²) in [4.78, 5) is 10.9. The van der Waals surface area contributed by atoms with E-state index in [9.17, 15) is 4.79 Å². The quantitative estimate of drug-likeness (QED) is 0.497. The van der Waals surface area contributed by atoms with Crippen LogP contribution in [0.3, 0.4) is 0 Å². The van der Waals surface area contributed by atoms with Crippen LogP contribution in [0.15, 0.2) is 36.5 Å². The van der Waals surface area contributed by atoms with Crippen molar-refractivity contribution in [1.29, 1.82) is 0 Å². The van der Waals surface area contributed by atoms with Gasteiger partial charge in [0.05, 0.1) is 0 Å². The number of allylic oxidation sites excluding steroid dienone is 6. The molecule has 0 aliphatic heterocycles. The zero-order valence-corrected chi connectivity index (χ0v) is 6.99. The SMILES string of the molecule is O=C1C=CC2(C=C1)CC=CCC2. The second-order valence-corrected chi connectivity index (χ2v) is 3.52. The zero-order chi connectivity index (χ0) is 8.44. The molecule has 1 nitrogen and oxygen atoms in total. The van der Waals surface area contributed by atoms with Gasteiger partial charge in [-0.1, -0.05) is 24.3 Å². The molecule has 0 aromatic heterocycles. The number of hydrogen-bond acceptors (Lipinski definition) is 1. The van der Waals surface area contributed by atoms with Crippen LogP contribution in [0.1, 0.15) is 19.3 Å². The number of ketones is 1. The Hall–Kier alpha value is -1.11. The van der Waals surface area contributed by atoms with Crippen LogP contribution in [-0.4, -0.2) is 5.78 Å². The highest BCUT2D eigenvalue weighted by molar-refractivity contribution is 6.00. The zero-order valence-electron chi connectivity index (χ0n) is 6.99. The molecule has 0 fully saturated rings. The summed E-state index contributed by atoms with van der Waals surface area (Å²) in [6, 6.07) is 0. The average Bonchev–Trinajstić information content (AvgIpc) is 2.13. The van der Waals surface area contributed by atoms with Crippen LogP contribution >= 0.6 is 0 Å². The van der Waals surface area contributed by atoms with Crippen molar-refractivity contribution < 1.29 is 4.79 Å². The van der Waals surface area contributed by atoms with Crippen molar-refractivity contribution in [3.63, 3.8) is 0 Å². The van der Waals surface area contributed by atoms with Crippen LogP contribution in [0.4, 0.5) is 0 Å². The van der Waals surface area contributed by atoms with Crippen molar-refractivity contribution >= 4 is 5.78 Å². The van der Waals surface area contributed by atoms with Crippen LogP contribution in [0, 0.1) is 5.41 Å². The monoisotopic (exact) mass is 160 g/mol. The van der Waals surface area contributed by atoms with Gasteiger partial charge in [0.2, 0.25) is 0 Å². The molecule has 1 heteroatoms. The highest BCUT2D eigenvalue weighted by Crippen LogP contribution is 2.37. The molecule has 62 valence electrons. The molecule has 2 rings (SSSR count). The smallest absolute Gasteiger partial charge is 0.178 e. The Kier molecular flexibility index (Phi) is 1.72. The normalized spacial score (nSPS) is 25.2. The molecular weight excluding hydrogens is 148 g/mol. The Labute approximate surface area is 72.5 Å². The van der Waals surface area contributed by atoms with Crippen LogP contribution in [0.5, 0.6) is 0 Å². The molecular formula is C11H12O. The van der Waals surface area contributed by atoms with E-state index in [0.29, 0.717) is 0 Å². The van der Waals surface area contributed by atoms with Gasteiger partial charge in [-0.05, 0) is 31.4 Å². The minimum atomic E-state index is 0.121. The van der Waals surface area contributed by atoms with Crippen LogP contribution in [0.25, 0.3) is 0 Å². The Morgan fingerprint density at radius 2 is 1.92 bits per heavy atom. The minimum Gasteiger partial charge on any atom is -0.290 e. The Morgan fingerprint density at radius 1 is 1.17 bits per heavy atom. The summed E-state index contributed by atoms with van der Waals surface area (Å²) in [6.07, 6.45) is 15.2. The number of carbonyl (C=O) groups is 1. The highest BCUT2D eigenvalue weighted by Gasteiger charge is 2.26. The standard InChI is InChI=1S/C11H12O/c12-10-4-8-11(9-5-10)6-2-1-3-7-11/h1-2,4-5,8-9H,3,6-7H2. The third kappa shape index (κ3) is 1.27. The average molecular weight is 160 g/mol. The molecule has 2 aliphatic rings. The van der Waals surface area contributed by atoms with Gasteiger partial charge in [0.1, 0.15) is 0 Å². The summed E-state index contributed by atoms with van der Waals surface area (Å²) in [5.41, 5.74) is 0.169. The fourth-order valence-electron chi connectivity index (χ4n) is 1.78. The summed E-state index contributed by atoms with van der Waals surface area (Å²) >= 11 is 0. The fourth-order valence-corrected chi connectivity index (χ4v) is 1.78. The van der Waals surface area contributed by atoms with Gasteiger partial charge in [-0.15, -0.1) is 0 Å². The molecule has 0 radical (unpaired) electrons. The van der Waals surface area contributed by atoms with E-state index in [4.69, 9.17) is 0 Å². The predicted molar refractivity (Wildman–Crippen MR) is 48.7 cm³/mol. The molecule has 0 heterocycles. The maximum atomic E-state index is 10.9. The van der Waals surface area contributed by atoms with Crippen LogP contribution in [-0.2, 0) is 4.79 Å². The first-order valence-corrected chi connectivity index (χ1v) is 4.38. The second kappa shape index (κ2) is 2.74. The minimum absolute atomic E-state index is 0.121. The third-order valence-corrected chi connectivity index (χ3v) is 2.60. The van der Waals surface area contributed by atoms with Gasteiger partial charge < -0.3 is 0 Å². The highest BCUT2D eigenvalue weighted by atomic mass is 16.1. The molecule has 0 unspecified atom stereocenters. The lowest BCUT2D eigenvalue weighted by molar-refractivity contribution is -0.110. The van der Waals surface area contributed by atoms with Crippen molar-refractivity contribution in [1.82, 2.24) is 0 Å². The predicted octanol–water partition coefficient (Wildman–Crippen LogP) is 2.41. The number of rotatable bonds is 0. The van der Waals surface area contributed by atoms with E-state index in [0.717, 1.165) is 19.3 Å². The molecule has 0 aromatic rings. The van der Waals surface area contributed by atoms with Gasteiger partial charge in [0.25, 0.3) is 0 Å². The lowest BCUT2D eigenvalue weighted by Crippen LogP contribution is -2.19. The van der Waals surface area contributed by atoms with Gasteiger partial charge in [0, 0.05) is 5.41 Å². The number of carbonyl (C=O) groups excluding carboxylic acids is 1. The van der Waals surface area contributed by atoms with E-state index in [-0.39, 0.29) is 11.2 Å². The van der Waals surface area contributed by atoms with E-state index in [1.165, 1.54) is 0 Å². The van der Waals surface area contributed by atoms with E-state index in [1.807, 2.05) is 0 Å². The third-order valence-electron chi connectivity index (χ3n) is 2.60. The van der Waals surface area contributed by atoms with E-state index >= 15 is 0 Å². The molecule has 12 heavy (non-hydrogen) atoms. The molecule has 0 bridgehead atoms. The second-order valence-electron chi connectivity index (χ2n) is 3.52. The number of hydrogen-bond donors (Lipinski definition) is 0. The summed E-state index contributed by atoms with van der Waals surface area (Å²) in [6.45, 7) is 0. The Balaban J connectivity index is 2.23. The van der Waals surface area contributed by atoms with Crippen molar-refractivity contribution in [3.8, 4) is 0 Å². The first-order chi connectivity index (χ1) is 5.81. The molecule has 1 spiro atoms. The summed E-state index contributed by atoms with van der Waals surface area (Å²) in [5, 5.41) is 0. The summed E-state index contributed by atoms with van der Waals surface area (Å²) in [5.74, 6) is 0.121. The van der Waals surface area contributed by atoms with Gasteiger partial charge in [0.15, 0.2) is 5.78 Å². The lowest BCUT2D eigenvalue weighted by atomic mass is 9.75. The molecule has 0 aromatic carbocycles. The van der Waals surface area contributed by atoms with E-state index in [1.54, 1.807) is 12.2 Å². The Bertz CT molecular complexity index is 265. The van der Waals surface area contributed by atoms with Gasteiger partial charge in [-0.25, -0.2) is 0 Å². The first-order valence-electron chi connectivity index (χ1n) is 4.38.